The summed E-state index contributed by atoms with van der Waals surface area (Å²) in [6.07, 6.45) is 24.5. The lowest BCUT2D eigenvalue weighted by atomic mass is 9.63. The number of carbonyl (C=O) groups is 2. The summed E-state index contributed by atoms with van der Waals surface area (Å²) in [5.74, 6) is -0.543. The average molecular weight is 629 g/mol. The molecule has 2 aliphatic carbocycles. The predicted octanol–water partition coefficient (Wildman–Crippen LogP) is 8.05. The molecule has 1 aliphatic heterocycles. The van der Waals surface area contributed by atoms with Crippen LogP contribution in [0.2, 0.25) is 0 Å². The molecule has 0 radical (unpaired) electrons. The molecule has 248 valence electrons. The van der Waals surface area contributed by atoms with Gasteiger partial charge >= 0.3 is 0 Å². The van der Waals surface area contributed by atoms with Gasteiger partial charge in [0.1, 0.15) is 18.3 Å². The van der Waals surface area contributed by atoms with Gasteiger partial charge in [0.25, 0.3) is 0 Å². The highest BCUT2D eigenvalue weighted by Gasteiger charge is 2.55. The third-order valence-corrected chi connectivity index (χ3v) is 9.09. The first-order valence-corrected chi connectivity index (χ1v) is 16.0. The van der Waals surface area contributed by atoms with E-state index in [0.29, 0.717) is 18.4 Å². The number of aliphatic hydroxyl groups excluding tert-OH is 2. The van der Waals surface area contributed by atoms with Gasteiger partial charge in [-0.25, -0.2) is 9.78 Å². The normalized spacial score (nSPS) is 29.9. The summed E-state index contributed by atoms with van der Waals surface area (Å²) >= 11 is 0. The zero-order valence-corrected chi connectivity index (χ0v) is 29.2. The molecule has 0 bridgehead atoms. The van der Waals surface area contributed by atoms with Crippen LogP contribution in [0.1, 0.15) is 82.1 Å². The van der Waals surface area contributed by atoms with Gasteiger partial charge in [-0.05, 0) is 93.6 Å². The summed E-state index contributed by atoms with van der Waals surface area (Å²) in [6.45, 7) is 19.7. The van der Waals surface area contributed by atoms with Crippen molar-refractivity contribution in [2.24, 2.45) is 10.8 Å². The molecule has 3 rings (SSSR count). The van der Waals surface area contributed by atoms with Crippen LogP contribution < -0.4 is 0 Å². The minimum absolute atomic E-state index is 0.180. The zero-order chi connectivity index (χ0) is 34.4. The number of ketones is 2. The number of fused-ring (bicyclic) bond motifs is 1. The van der Waals surface area contributed by atoms with E-state index in [2.05, 4.69) is 13.8 Å². The van der Waals surface area contributed by atoms with Crippen LogP contribution in [-0.4, -0.2) is 45.7 Å². The maximum absolute atomic E-state index is 12.7. The molecule has 2 N–H and O–H groups in total. The second kappa shape index (κ2) is 15.0. The third-order valence-electron chi connectivity index (χ3n) is 9.09. The van der Waals surface area contributed by atoms with Crippen molar-refractivity contribution in [3.8, 4) is 0 Å². The molecule has 0 aromatic heterocycles. The van der Waals surface area contributed by atoms with Crippen molar-refractivity contribution in [1.82, 2.24) is 0 Å². The SMILES string of the molecule is CC1=C(/C=C/C(C)=C/C=C/C(C)=C/C=C/C=C(C)/C=C/C=C(\C)C2C=C3C(C)(C)C[C@H](O)C(=O)[C@@]3(C)OO2)C(C)(C)C[C@H](O)C1=O. The van der Waals surface area contributed by atoms with Crippen molar-refractivity contribution in [3.05, 3.63) is 118 Å². The Morgan fingerprint density at radius 1 is 0.761 bits per heavy atom. The van der Waals surface area contributed by atoms with Crippen molar-refractivity contribution >= 4 is 11.6 Å². The Balaban J connectivity index is 1.57. The first kappa shape index (κ1) is 37.0. The maximum atomic E-state index is 12.7. The summed E-state index contributed by atoms with van der Waals surface area (Å²) in [7, 11) is 0. The minimum Gasteiger partial charge on any atom is -0.385 e. The third kappa shape index (κ3) is 8.89. The molecule has 46 heavy (non-hydrogen) atoms. The first-order valence-electron chi connectivity index (χ1n) is 16.0. The van der Waals surface area contributed by atoms with E-state index in [1.54, 1.807) is 13.8 Å². The second-order valence-electron chi connectivity index (χ2n) is 14.3. The molecule has 0 spiro atoms. The standard InChI is InChI=1S/C40H52O6/c1-26(17-13-18-28(3)21-22-31-30(5)36(43)32(41)24-38(31,6)7)15-11-12-16-27(2)19-14-20-29(4)34-23-35-39(8,9)25-33(42)37(44)40(35,10)46-45-34/h11-23,32-34,41-42H,24-25H2,1-10H3/b12-11+,17-13+,19-14+,22-21+,26-15+,27-16+,28-18+,29-20+/t32-,33-,34?,40-/m0/s1. The lowest BCUT2D eigenvalue weighted by molar-refractivity contribution is -0.361. The highest BCUT2D eigenvalue weighted by atomic mass is 17.2. The summed E-state index contributed by atoms with van der Waals surface area (Å²) in [6, 6.07) is 0. The topological polar surface area (TPSA) is 93.1 Å². The van der Waals surface area contributed by atoms with Gasteiger partial charge in [0, 0.05) is 0 Å². The lowest BCUT2D eigenvalue weighted by Crippen LogP contribution is -2.57. The maximum Gasteiger partial charge on any atom is 0.200 e. The lowest BCUT2D eigenvalue weighted by Gasteiger charge is -2.48. The predicted molar refractivity (Wildman–Crippen MR) is 186 cm³/mol. The zero-order valence-electron chi connectivity index (χ0n) is 29.2. The molecular formula is C40H52O6. The van der Waals surface area contributed by atoms with Crippen LogP contribution in [0.25, 0.3) is 0 Å². The Labute approximate surface area is 275 Å². The van der Waals surface area contributed by atoms with Crippen molar-refractivity contribution in [2.45, 2.75) is 106 Å². The Hall–Kier alpha value is -3.42. The van der Waals surface area contributed by atoms with Gasteiger partial charge in [0.2, 0.25) is 0 Å². The van der Waals surface area contributed by atoms with Crippen molar-refractivity contribution in [1.29, 1.82) is 0 Å². The van der Waals surface area contributed by atoms with Crippen LogP contribution in [0.4, 0.5) is 0 Å². The van der Waals surface area contributed by atoms with Crippen LogP contribution in [0.15, 0.2) is 118 Å². The summed E-state index contributed by atoms with van der Waals surface area (Å²) in [5.41, 5.74) is 4.74. The van der Waals surface area contributed by atoms with Crippen LogP contribution in [0.3, 0.4) is 0 Å². The Bertz CT molecular complexity index is 1510. The van der Waals surface area contributed by atoms with Crippen LogP contribution in [0, 0.1) is 10.8 Å². The van der Waals surface area contributed by atoms with Crippen molar-refractivity contribution < 1.29 is 29.6 Å². The van der Waals surface area contributed by atoms with E-state index in [9.17, 15) is 19.8 Å². The molecule has 1 heterocycles. The number of carbonyl (C=O) groups excluding carboxylic acids is 2. The molecule has 1 unspecified atom stereocenters. The fourth-order valence-corrected chi connectivity index (χ4v) is 6.31. The Kier molecular flexibility index (Phi) is 12.1. The number of hydrogen-bond acceptors (Lipinski definition) is 6. The molecule has 1 saturated carbocycles. The van der Waals surface area contributed by atoms with E-state index in [0.717, 1.165) is 33.4 Å². The molecule has 4 atom stereocenters. The van der Waals surface area contributed by atoms with E-state index in [4.69, 9.17) is 9.78 Å². The Morgan fingerprint density at radius 2 is 1.28 bits per heavy atom. The fraction of sp³-hybridized carbons (Fsp3) is 0.450. The second-order valence-corrected chi connectivity index (χ2v) is 14.3. The average Bonchev–Trinajstić information content (AvgIpc) is 2.96. The molecular weight excluding hydrogens is 576 g/mol. The first-order chi connectivity index (χ1) is 21.4. The van der Waals surface area contributed by atoms with Gasteiger partial charge in [-0.15, -0.1) is 0 Å². The molecule has 3 aliphatic rings. The largest absolute Gasteiger partial charge is 0.385 e. The molecule has 6 heteroatoms. The Morgan fingerprint density at radius 3 is 1.89 bits per heavy atom. The van der Waals surface area contributed by atoms with E-state index < -0.39 is 23.9 Å². The van der Waals surface area contributed by atoms with Gasteiger partial charge < -0.3 is 10.2 Å². The molecule has 0 aromatic rings. The van der Waals surface area contributed by atoms with E-state index in [1.807, 2.05) is 121 Å². The highest BCUT2D eigenvalue weighted by Crippen LogP contribution is 2.48. The quantitative estimate of drug-likeness (QED) is 0.153. The number of rotatable bonds is 9. The molecule has 0 aromatic carbocycles. The summed E-state index contributed by atoms with van der Waals surface area (Å²) in [4.78, 5) is 36.1. The van der Waals surface area contributed by atoms with Crippen LogP contribution in [-0.2, 0) is 19.4 Å². The number of hydrogen-bond donors (Lipinski definition) is 2. The van der Waals surface area contributed by atoms with Gasteiger partial charge in [-0.2, -0.15) is 0 Å². The van der Waals surface area contributed by atoms with E-state index in [-0.39, 0.29) is 22.4 Å². The van der Waals surface area contributed by atoms with Gasteiger partial charge in [-0.3, -0.25) is 9.59 Å². The number of aliphatic hydroxyl groups is 2. The minimum atomic E-state index is -1.27. The fourth-order valence-electron chi connectivity index (χ4n) is 6.31. The van der Waals surface area contributed by atoms with Gasteiger partial charge in [-0.1, -0.05) is 117 Å². The van der Waals surface area contributed by atoms with Crippen molar-refractivity contribution in [2.75, 3.05) is 0 Å². The van der Waals surface area contributed by atoms with Crippen LogP contribution >= 0.6 is 0 Å². The molecule has 1 fully saturated rings. The van der Waals surface area contributed by atoms with Crippen molar-refractivity contribution in [3.63, 3.8) is 0 Å². The number of allylic oxidation sites excluding steroid dienone is 16. The highest BCUT2D eigenvalue weighted by molar-refractivity contribution is 6.00. The molecule has 0 amide bonds. The van der Waals surface area contributed by atoms with Crippen LogP contribution in [0.5, 0.6) is 0 Å². The van der Waals surface area contributed by atoms with Gasteiger partial charge in [0.05, 0.1) is 0 Å². The summed E-state index contributed by atoms with van der Waals surface area (Å²) < 4.78 is 0. The smallest absolute Gasteiger partial charge is 0.200 e. The molecule has 6 nitrogen and oxygen atoms in total. The van der Waals surface area contributed by atoms with E-state index >= 15 is 0 Å². The van der Waals surface area contributed by atoms with E-state index in [1.165, 1.54) is 0 Å². The monoisotopic (exact) mass is 628 g/mol. The number of Topliss-reactive ketones (excluding diaryl/α,β-unsaturated/α-hetero) is 2. The van der Waals surface area contributed by atoms with Gasteiger partial charge in [0.15, 0.2) is 17.2 Å². The summed E-state index contributed by atoms with van der Waals surface area (Å²) in [5, 5.41) is 20.3. The molecule has 0 saturated heterocycles.